The number of hydrogen-bond acceptors (Lipinski definition) is 6. The molecule has 0 saturated heterocycles. The summed E-state index contributed by atoms with van der Waals surface area (Å²) in [5.74, 6) is 0. The Kier molecular flexibility index (Phi) is 5.27. The van der Waals surface area contributed by atoms with Gasteiger partial charge < -0.3 is 9.68 Å². The van der Waals surface area contributed by atoms with Crippen molar-refractivity contribution >= 4 is 0 Å². The van der Waals surface area contributed by atoms with Crippen LogP contribution in [0, 0.1) is 27.2 Å². The van der Waals surface area contributed by atoms with Gasteiger partial charge in [0.15, 0.2) is 0 Å². The molecule has 0 N–H and O–H groups in total. The zero-order valence-electron chi connectivity index (χ0n) is 7.62. The summed E-state index contributed by atoms with van der Waals surface area (Å²) in [6.45, 7) is 4.79. The van der Waals surface area contributed by atoms with Gasteiger partial charge in [0.1, 0.15) is 12.2 Å². The lowest BCUT2D eigenvalue weighted by atomic mass is 10.1. The van der Waals surface area contributed by atoms with Crippen LogP contribution in [0.15, 0.2) is 0 Å². The number of nitrogens with zero attached hydrogens (tertiary/aromatic N) is 2. The van der Waals surface area contributed by atoms with E-state index >= 15 is 0 Å². The molecule has 0 bridgehead atoms. The molecule has 2 atom stereocenters. The first-order chi connectivity index (χ1) is 6.47. The van der Waals surface area contributed by atoms with Gasteiger partial charge in [0, 0.05) is 0 Å². The van der Waals surface area contributed by atoms with Crippen molar-refractivity contribution in [3.8, 4) is 0 Å². The van der Waals surface area contributed by atoms with Crippen molar-refractivity contribution in [3.63, 3.8) is 0 Å². The third-order valence-electron chi connectivity index (χ3n) is 1.49. The minimum Gasteiger partial charge on any atom is -0.309 e. The third kappa shape index (κ3) is 5.12. The fourth-order valence-electron chi connectivity index (χ4n) is 0.888. The van der Waals surface area contributed by atoms with Crippen molar-refractivity contribution in [2.45, 2.75) is 32.0 Å². The number of rotatable bonds is 7. The Balaban J connectivity index is 4.16. The van der Waals surface area contributed by atoms with Crippen LogP contribution in [0.1, 0.15) is 19.8 Å². The Morgan fingerprint density at radius 3 is 2.14 bits per heavy atom. The lowest BCUT2D eigenvalue weighted by molar-refractivity contribution is -0.798. The van der Waals surface area contributed by atoms with Gasteiger partial charge in [0.2, 0.25) is 0 Å². The van der Waals surface area contributed by atoms with Crippen molar-refractivity contribution in [1.29, 1.82) is 0 Å². The van der Waals surface area contributed by atoms with Crippen LogP contribution < -0.4 is 0 Å². The lowest BCUT2D eigenvalue weighted by Gasteiger charge is -2.19. The Morgan fingerprint density at radius 2 is 1.79 bits per heavy atom. The summed E-state index contributed by atoms with van der Waals surface area (Å²) >= 11 is 0. The highest BCUT2D eigenvalue weighted by Gasteiger charge is 2.23. The van der Waals surface area contributed by atoms with Gasteiger partial charge in [-0.15, -0.1) is 20.2 Å². The van der Waals surface area contributed by atoms with Gasteiger partial charge in [-0.1, -0.05) is 13.3 Å². The van der Waals surface area contributed by atoms with Gasteiger partial charge in [-0.2, -0.15) is 0 Å². The highest BCUT2D eigenvalue weighted by atomic mass is 17.0. The molecule has 8 nitrogen and oxygen atoms in total. The largest absolute Gasteiger partial charge is 0.309 e. The van der Waals surface area contributed by atoms with E-state index in [0.29, 0.717) is 6.42 Å². The minimum absolute atomic E-state index is 0.218. The second-order valence-corrected chi connectivity index (χ2v) is 2.54. The van der Waals surface area contributed by atoms with E-state index in [1.165, 1.54) is 6.92 Å². The zero-order chi connectivity index (χ0) is 11.1. The molecule has 0 heterocycles. The van der Waals surface area contributed by atoms with E-state index in [1.807, 2.05) is 0 Å². The van der Waals surface area contributed by atoms with E-state index in [0.717, 1.165) is 0 Å². The van der Waals surface area contributed by atoms with E-state index < -0.39 is 22.4 Å². The molecule has 0 aliphatic carbocycles. The first-order valence-corrected chi connectivity index (χ1v) is 3.89. The second-order valence-electron chi connectivity index (χ2n) is 2.54. The van der Waals surface area contributed by atoms with E-state index in [2.05, 4.69) is 16.6 Å². The molecule has 8 heteroatoms. The molecule has 0 aromatic rings. The van der Waals surface area contributed by atoms with Crippen molar-refractivity contribution in [2.24, 2.45) is 0 Å². The Bertz CT molecular complexity index is 208. The Labute approximate surface area is 80.0 Å². The van der Waals surface area contributed by atoms with Gasteiger partial charge >= 0.3 is 0 Å². The molecule has 0 aromatic carbocycles. The molecular formula is C6H11N2O6. The van der Waals surface area contributed by atoms with Gasteiger partial charge in [-0.05, 0) is 13.3 Å². The molecule has 0 fully saturated rings. The van der Waals surface area contributed by atoms with Crippen LogP contribution in [0.3, 0.4) is 0 Å². The average Bonchev–Trinajstić information content (AvgIpc) is 2.01. The van der Waals surface area contributed by atoms with E-state index in [1.54, 1.807) is 0 Å². The molecule has 14 heavy (non-hydrogen) atoms. The van der Waals surface area contributed by atoms with E-state index in [9.17, 15) is 20.2 Å². The van der Waals surface area contributed by atoms with Gasteiger partial charge in [0.25, 0.3) is 10.2 Å². The topological polar surface area (TPSA) is 105 Å². The first-order valence-electron chi connectivity index (χ1n) is 3.89. The van der Waals surface area contributed by atoms with Crippen molar-refractivity contribution < 1.29 is 19.8 Å². The smallest absolute Gasteiger partial charge is 0.294 e. The van der Waals surface area contributed by atoms with Crippen molar-refractivity contribution in [1.82, 2.24) is 0 Å². The normalized spacial score (nSPS) is 14.1. The van der Waals surface area contributed by atoms with Gasteiger partial charge in [0.05, 0.1) is 0 Å². The molecule has 0 aliphatic rings. The van der Waals surface area contributed by atoms with Crippen LogP contribution in [-0.2, 0) is 9.68 Å². The highest BCUT2D eigenvalue weighted by molar-refractivity contribution is 4.64. The van der Waals surface area contributed by atoms with Crippen LogP contribution in [0.25, 0.3) is 0 Å². The fourth-order valence-corrected chi connectivity index (χ4v) is 0.888. The second kappa shape index (κ2) is 5.95. The fraction of sp³-hybridized carbons (Fsp3) is 0.833. The quantitative estimate of drug-likeness (QED) is 0.451. The monoisotopic (exact) mass is 207 g/mol. The summed E-state index contributed by atoms with van der Waals surface area (Å²) < 4.78 is 0. The molecular weight excluding hydrogens is 196 g/mol. The average molecular weight is 207 g/mol. The van der Waals surface area contributed by atoms with Gasteiger partial charge in [-0.25, -0.2) is 0 Å². The molecule has 81 valence electrons. The summed E-state index contributed by atoms with van der Waals surface area (Å²) in [4.78, 5) is 28.3. The Morgan fingerprint density at radius 1 is 1.29 bits per heavy atom. The van der Waals surface area contributed by atoms with Crippen LogP contribution in [0.5, 0.6) is 0 Å². The summed E-state index contributed by atoms with van der Waals surface area (Å²) in [7, 11) is 0. The van der Waals surface area contributed by atoms with Crippen LogP contribution >= 0.6 is 0 Å². The van der Waals surface area contributed by atoms with Crippen LogP contribution in [-0.4, -0.2) is 22.4 Å². The van der Waals surface area contributed by atoms with Gasteiger partial charge in [-0.3, -0.25) is 0 Å². The predicted octanol–water partition coefficient (Wildman–Crippen LogP) is 0.774. The maximum absolute atomic E-state index is 10.0. The first kappa shape index (κ1) is 12.4. The Hall–Kier alpha value is -1.60. The van der Waals surface area contributed by atoms with Crippen LogP contribution in [0.4, 0.5) is 0 Å². The predicted molar refractivity (Wildman–Crippen MR) is 44.0 cm³/mol. The summed E-state index contributed by atoms with van der Waals surface area (Å²) in [5.41, 5.74) is 0. The molecule has 0 rings (SSSR count). The molecule has 1 radical (unpaired) electrons. The maximum atomic E-state index is 10.0. The lowest BCUT2D eigenvalue weighted by Crippen LogP contribution is -2.32. The molecule has 0 aromatic heterocycles. The van der Waals surface area contributed by atoms with Crippen LogP contribution in [0.2, 0.25) is 0 Å². The number of hydrogen-bond donors (Lipinski definition) is 0. The molecule has 2 unspecified atom stereocenters. The standard InChI is InChI=1S/C6H11N2O6/c1-3-4-6(14-8(11)12)5(2)13-7(9)10/h5-6H,1,3-4H2,2H3. The van der Waals surface area contributed by atoms with Crippen molar-refractivity contribution in [2.75, 3.05) is 0 Å². The van der Waals surface area contributed by atoms with Crippen molar-refractivity contribution in [3.05, 3.63) is 27.2 Å². The summed E-state index contributed by atoms with van der Waals surface area (Å²) in [6, 6.07) is 0. The molecule has 0 amide bonds. The SMILES string of the molecule is [CH2]CCC(O[N+](=O)[O-])C(C)O[N+](=O)[O-]. The van der Waals surface area contributed by atoms with E-state index in [4.69, 9.17) is 0 Å². The molecule has 0 saturated carbocycles. The third-order valence-corrected chi connectivity index (χ3v) is 1.49. The summed E-state index contributed by atoms with van der Waals surface area (Å²) in [5, 5.41) is 17.9. The summed E-state index contributed by atoms with van der Waals surface area (Å²) in [6.07, 6.45) is -1.37. The maximum Gasteiger partial charge on any atom is 0.294 e. The highest BCUT2D eigenvalue weighted by Crippen LogP contribution is 2.10. The van der Waals surface area contributed by atoms with E-state index in [-0.39, 0.29) is 6.42 Å². The molecule has 0 aliphatic heterocycles. The minimum atomic E-state index is -1.01. The molecule has 0 spiro atoms. The zero-order valence-corrected chi connectivity index (χ0v) is 7.62.